The van der Waals surface area contributed by atoms with Gasteiger partial charge in [-0.15, -0.1) is 0 Å². The number of hydroxylamine groups is 1. The summed E-state index contributed by atoms with van der Waals surface area (Å²) in [5.74, 6) is -1.28. The van der Waals surface area contributed by atoms with Crippen molar-refractivity contribution in [2.24, 2.45) is 5.92 Å². The summed E-state index contributed by atoms with van der Waals surface area (Å²) < 4.78 is 0.875. The van der Waals surface area contributed by atoms with Crippen molar-refractivity contribution >= 4 is 39.1 Å². The lowest BCUT2D eigenvalue weighted by atomic mass is 9.91. The number of fused-ring (bicyclic) bond motifs is 1. The Bertz CT molecular complexity index is 1060. The molecule has 0 aliphatic carbocycles. The lowest BCUT2D eigenvalue weighted by Gasteiger charge is -2.28. The number of halogens is 1. The third kappa shape index (κ3) is 2.94. The lowest BCUT2D eigenvalue weighted by molar-refractivity contribution is -0.126. The number of hydrogen-bond acceptors (Lipinski definition) is 5. The van der Waals surface area contributed by atoms with E-state index in [9.17, 15) is 9.59 Å². The fourth-order valence-corrected chi connectivity index (χ4v) is 4.21. The smallest absolute Gasteiger partial charge is 0.266 e. The topological polar surface area (TPSA) is 62.7 Å². The van der Waals surface area contributed by atoms with Crippen LogP contribution >= 0.6 is 15.9 Å². The van der Waals surface area contributed by atoms with Gasteiger partial charge in [-0.05, 0) is 48.0 Å². The van der Waals surface area contributed by atoms with Crippen LogP contribution in [0.15, 0.2) is 83.6 Å². The summed E-state index contributed by atoms with van der Waals surface area (Å²) in [6, 6.07) is 19.9. The molecule has 2 aliphatic rings. The van der Waals surface area contributed by atoms with Gasteiger partial charge in [0.05, 0.1) is 17.4 Å². The molecule has 2 aromatic carbocycles. The average Bonchev–Trinajstić information content (AvgIpc) is 3.27. The summed E-state index contributed by atoms with van der Waals surface area (Å²) >= 11 is 3.38. The maximum absolute atomic E-state index is 13.4. The van der Waals surface area contributed by atoms with Crippen molar-refractivity contribution in [3.63, 3.8) is 0 Å². The minimum absolute atomic E-state index is 0.269. The summed E-state index contributed by atoms with van der Waals surface area (Å²) in [6.07, 6.45) is 2.52. The molecule has 0 N–H and O–H groups in total. The molecule has 5 rings (SSSR count). The van der Waals surface area contributed by atoms with E-state index in [-0.39, 0.29) is 11.8 Å². The molecule has 2 fully saturated rings. The summed E-state index contributed by atoms with van der Waals surface area (Å²) in [6.45, 7) is 0. The van der Waals surface area contributed by atoms with Crippen LogP contribution in [0.1, 0.15) is 11.6 Å². The number of amides is 2. The molecule has 2 aliphatic heterocycles. The Labute approximate surface area is 175 Å². The van der Waals surface area contributed by atoms with Gasteiger partial charge in [-0.2, -0.15) is 0 Å². The zero-order valence-electron chi connectivity index (χ0n) is 15.2. The molecule has 3 heterocycles. The number of aromatic nitrogens is 1. The van der Waals surface area contributed by atoms with Crippen molar-refractivity contribution in [2.75, 3.05) is 9.96 Å². The Morgan fingerprint density at radius 2 is 1.62 bits per heavy atom. The van der Waals surface area contributed by atoms with E-state index < -0.39 is 18.1 Å². The lowest BCUT2D eigenvalue weighted by Crippen LogP contribution is -2.37. The fourth-order valence-electron chi connectivity index (χ4n) is 3.95. The van der Waals surface area contributed by atoms with E-state index in [1.807, 2.05) is 42.5 Å². The van der Waals surface area contributed by atoms with Gasteiger partial charge in [0.2, 0.25) is 5.91 Å². The van der Waals surface area contributed by atoms with Gasteiger partial charge in [0.15, 0.2) is 6.10 Å². The predicted octanol–water partition coefficient (Wildman–Crippen LogP) is 3.90. The largest absolute Gasteiger partial charge is 0.273 e. The van der Waals surface area contributed by atoms with Crippen molar-refractivity contribution in [1.82, 2.24) is 4.98 Å². The summed E-state index contributed by atoms with van der Waals surface area (Å²) in [4.78, 5) is 38.1. The van der Waals surface area contributed by atoms with E-state index in [0.717, 1.165) is 15.7 Å². The minimum Gasteiger partial charge on any atom is -0.273 e. The van der Waals surface area contributed by atoms with Gasteiger partial charge in [0.1, 0.15) is 5.92 Å². The van der Waals surface area contributed by atoms with E-state index in [2.05, 4.69) is 20.9 Å². The molecular formula is C22H16BrN3O3. The molecule has 29 heavy (non-hydrogen) atoms. The summed E-state index contributed by atoms with van der Waals surface area (Å²) in [5.41, 5.74) is 2.15. The van der Waals surface area contributed by atoms with Crippen LogP contribution in [0, 0.1) is 5.92 Å². The molecule has 0 spiro atoms. The van der Waals surface area contributed by atoms with Crippen LogP contribution in [-0.2, 0) is 14.4 Å². The Morgan fingerprint density at radius 3 is 2.31 bits per heavy atom. The first-order valence-electron chi connectivity index (χ1n) is 9.19. The second-order valence-corrected chi connectivity index (χ2v) is 7.85. The van der Waals surface area contributed by atoms with Crippen LogP contribution in [0.2, 0.25) is 0 Å². The quantitative estimate of drug-likeness (QED) is 0.567. The number of carbonyl (C=O) groups excluding carboxylic acids is 2. The van der Waals surface area contributed by atoms with Crippen LogP contribution < -0.4 is 9.96 Å². The van der Waals surface area contributed by atoms with E-state index in [4.69, 9.17) is 4.84 Å². The van der Waals surface area contributed by atoms with Crippen LogP contribution in [0.3, 0.4) is 0 Å². The Morgan fingerprint density at radius 1 is 0.862 bits per heavy atom. The summed E-state index contributed by atoms with van der Waals surface area (Å²) in [5, 5.41) is 1.67. The maximum atomic E-state index is 13.4. The second kappa shape index (κ2) is 7.09. The minimum atomic E-state index is -0.878. The number of benzene rings is 2. The van der Waals surface area contributed by atoms with Crippen molar-refractivity contribution in [2.45, 2.75) is 12.1 Å². The van der Waals surface area contributed by atoms with Crippen LogP contribution in [0.25, 0.3) is 0 Å². The number of pyridine rings is 1. The van der Waals surface area contributed by atoms with Gasteiger partial charge < -0.3 is 0 Å². The van der Waals surface area contributed by atoms with Crippen LogP contribution in [-0.4, -0.2) is 22.9 Å². The Hall–Kier alpha value is -3.03. The highest BCUT2D eigenvalue weighted by Gasteiger charge is 2.60. The molecule has 0 radical (unpaired) electrons. The van der Waals surface area contributed by atoms with Gasteiger partial charge in [-0.25, -0.2) is 9.96 Å². The number of para-hydroxylation sites is 1. The molecule has 6 nitrogen and oxygen atoms in total. The highest BCUT2D eigenvalue weighted by Crippen LogP contribution is 2.47. The van der Waals surface area contributed by atoms with Crippen LogP contribution in [0.4, 0.5) is 11.4 Å². The molecule has 0 saturated carbocycles. The highest BCUT2D eigenvalue weighted by atomic mass is 79.9. The normalized spacial score (nSPS) is 23.6. The molecule has 0 unspecified atom stereocenters. The van der Waals surface area contributed by atoms with Gasteiger partial charge in [0.25, 0.3) is 5.91 Å². The molecule has 3 aromatic rings. The number of nitrogens with zero attached hydrogens (tertiary/aromatic N) is 3. The fraction of sp³-hybridized carbons (Fsp3) is 0.136. The Balaban J connectivity index is 1.58. The third-order valence-corrected chi connectivity index (χ3v) is 5.77. The molecule has 2 amide bonds. The third-order valence-electron chi connectivity index (χ3n) is 5.24. The first kappa shape index (κ1) is 18.0. The van der Waals surface area contributed by atoms with Gasteiger partial charge in [-0.3, -0.25) is 19.4 Å². The Kier molecular flexibility index (Phi) is 4.41. The summed E-state index contributed by atoms with van der Waals surface area (Å²) in [7, 11) is 0. The molecule has 0 bridgehead atoms. The standard InChI is InChI=1S/C22H16BrN3O3/c23-15-8-10-16(11-9-15)25-21(27)18-19(14-5-4-12-24-13-14)26(29-20(18)22(25)28)17-6-2-1-3-7-17/h1-13,18-20H/t18-,19-,20-/m1/s1. The second-order valence-electron chi connectivity index (χ2n) is 6.93. The predicted molar refractivity (Wildman–Crippen MR) is 111 cm³/mol. The number of imide groups is 1. The number of anilines is 2. The zero-order chi connectivity index (χ0) is 20.0. The van der Waals surface area contributed by atoms with E-state index in [1.165, 1.54) is 4.90 Å². The van der Waals surface area contributed by atoms with Gasteiger partial charge in [0, 0.05) is 16.9 Å². The first-order valence-corrected chi connectivity index (χ1v) is 9.99. The van der Waals surface area contributed by atoms with Crippen molar-refractivity contribution in [3.8, 4) is 0 Å². The van der Waals surface area contributed by atoms with Crippen molar-refractivity contribution < 1.29 is 14.4 Å². The molecule has 2 saturated heterocycles. The number of hydrogen-bond donors (Lipinski definition) is 0. The molecule has 7 heteroatoms. The molecule has 144 valence electrons. The van der Waals surface area contributed by atoms with Gasteiger partial charge in [-0.1, -0.05) is 40.2 Å². The van der Waals surface area contributed by atoms with Crippen LogP contribution in [0.5, 0.6) is 0 Å². The number of carbonyl (C=O) groups is 2. The molecule has 3 atom stereocenters. The van der Waals surface area contributed by atoms with E-state index in [1.54, 1.807) is 41.7 Å². The highest BCUT2D eigenvalue weighted by molar-refractivity contribution is 9.10. The molecule has 1 aromatic heterocycles. The first-order chi connectivity index (χ1) is 14.1. The molecular weight excluding hydrogens is 434 g/mol. The number of rotatable bonds is 3. The average molecular weight is 450 g/mol. The maximum Gasteiger partial charge on any atom is 0.266 e. The van der Waals surface area contributed by atoms with E-state index in [0.29, 0.717) is 5.69 Å². The van der Waals surface area contributed by atoms with Crippen molar-refractivity contribution in [3.05, 3.63) is 89.2 Å². The monoisotopic (exact) mass is 449 g/mol. The SMILES string of the molecule is O=C1[C@@H]2[C@@H](c3cccnc3)N(c3ccccc3)O[C@H]2C(=O)N1c1ccc(Br)cc1. The van der Waals surface area contributed by atoms with Gasteiger partial charge >= 0.3 is 0 Å². The van der Waals surface area contributed by atoms with Crippen molar-refractivity contribution in [1.29, 1.82) is 0 Å². The zero-order valence-corrected chi connectivity index (χ0v) is 16.8. The van der Waals surface area contributed by atoms with E-state index >= 15 is 0 Å².